The van der Waals surface area contributed by atoms with Crippen LogP contribution in [0.3, 0.4) is 0 Å². The predicted octanol–water partition coefficient (Wildman–Crippen LogP) is 3.32. The molecule has 2 aromatic rings. The summed E-state index contributed by atoms with van der Waals surface area (Å²) in [5.41, 5.74) is 0.415. The van der Waals surface area contributed by atoms with Crippen molar-refractivity contribution in [2.45, 2.75) is 52.7 Å². The van der Waals surface area contributed by atoms with Crippen molar-refractivity contribution < 1.29 is 9.59 Å². The van der Waals surface area contributed by atoms with Gasteiger partial charge in [-0.15, -0.1) is 22.7 Å². The summed E-state index contributed by atoms with van der Waals surface area (Å²) in [6, 6.07) is 4.07. The van der Waals surface area contributed by atoms with E-state index < -0.39 is 0 Å². The van der Waals surface area contributed by atoms with Gasteiger partial charge >= 0.3 is 0 Å². The Morgan fingerprint density at radius 1 is 1.25 bits per heavy atom. The second kappa shape index (κ2) is 8.39. The van der Waals surface area contributed by atoms with Crippen LogP contribution in [0.25, 0.3) is 0 Å². The van der Waals surface area contributed by atoms with Crippen LogP contribution in [0, 0.1) is 0 Å². The molecule has 2 heterocycles. The molecule has 2 amide bonds. The number of hydrogen-bond donors (Lipinski definition) is 1. The van der Waals surface area contributed by atoms with Gasteiger partial charge < -0.3 is 10.2 Å². The van der Waals surface area contributed by atoms with Crippen molar-refractivity contribution in [3.63, 3.8) is 0 Å². The van der Waals surface area contributed by atoms with Gasteiger partial charge in [-0.1, -0.05) is 6.07 Å². The number of thiophene rings is 1. The first kappa shape index (κ1) is 18.6. The highest BCUT2D eigenvalue weighted by Crippen LogP contribution is 2.17. The molecule has 24 heavy (non-hydrogen) atoms. The molecule has 2 rings (SSSR count). The highest BCUT2D eigenvalue weighted by atomic mass is 32.1. The Balaban J connectivity index is 2.04. The number of rotatable bonds is 7. The minimum atomic E-state index is -0.173. The van der Waals surface area contributed by atoms with E-state index in [0.29, 0.717) is 18.7 Å². The van der Waals surface area contributed by atoms with Crippen LogP contribution in [0.4, 0.5) is 0 Å². The Morgan fingerprint density at radius 3 is 2.58 bits per heavy atom. The zero-order valence-corrected chi connectivity index (χ0v) is 16.0. The number of nitrogens with zero attached hydrogens (tertiary/aromatic N) is 2. The fourth-order valence-electron chi connectivity index (χ4n) is 2.19. The molecule has 0 spiro atoms. The summed E-state index contributed by atoms with van der Waals surface area (Å²) >= 11 is 3.00. The van der Waals surface area contributed by atoms with Crippen LogP contribution in [0.15, 0.2) is 22.9 Å². The topological polar surface area (TPSA) is 62.3 Å². The Labute approximate surface area is 150 Å². The molecule has 2 aromatic heterocycles. The summed E-state index contributed by atoms with van der Waals surface area (Å²) < 4.78 is 0. The maximum absolute atomic E-state index is 12.6. The van der Waals surface area contributed by atoms with E-state index in [1.54, 1.807) is 16.7 Å². The fraction of sp³-hybridized carbons (Fsp3) is 0.471. The lowest BCUT2D eigenvalue weighted by atomic mass is 10.2. The normalized spacial score (nSPS) is 11.1. The monoisotopic (exact) mass is 365 g/mol. The van der Waals surface area contributed by atoms with E-state index in [0.717, 1.165) is 9.88 Å². The summed E-state index contributed by atoms with van der Waals surface area (Å²) in [5, 5.41) is 7.32. The summed E-state index contributed by atoms with van der Waals surface area (Å²) in [6.45, 7) is 8.24. The largest absolute Gasteiger partial charge is 0.349 e. The number of amides is 2. The lowest BCUT2D eigenvalue weighted by Gasteiger charge is -2.25. The van der Waals surface area contributed by atoms with Gasteiger partial charge in [0.15, 0.2) is 0 Å². The number of carbonyl (C=O) groups excluding carboxylic acids is 2. The molecule has 1 N–H and O–H groups in total. The lowest BCUT2D eigenvalue weighted by Crippen LogP contribution is -2.37. The number of aromatic nitrogens is 1. The van der Waals surface area contributed by atoms with Crippen LogP contribution in [-0.4, -0.2) is 33.8 Å². The Morgan fingerprint density at radius 2 is 2.00 bits per heavy atom. The van der Waals surface area contributed by atoms with Crippen molar-refractivity contribution in [2.75, 3.05) is 0 Å². The van der Waals surface area contributed by atoms with Gasteiger partial charge in [-0.2, -0.15) is 0 Å². The Kier molecular flexibility index (Phi) is 6.51. The van der Waals surface area contributed by atoms with Gasteiger partial charge in [-0.25, -0.2) is 4.98 Å². The molecule has 0 aliphatic heterocycles. The highest BCUT2D eigenvalue weighted by molar-refractivity contribution is 7.10. The zero-order chi connectivity index (χ0) is 17.7. The Bertz CT molecular complexity index is 678. The Hall–Kier alpha value is -1.73. The van der Waals surface area contributed by atoms with Crippen molar-refractivity contribution >= 4 is 34.5 Å². The van der Waals surface area contributed by atoms with Crippen LogP contribution < -0.4 is 5.32 Å². The lowest BCUT2D eigenvalue weighted by molar-refractivity contribution is -0.132. The van der Waals surface area contributed by atoms with Gasteiger partial charge in [-0.05, 0) is 39.1 Å². The SMILES string of the molecule is CC(C)NC(=O)c1csc(CN(C(=O)Cc2cccs2)C(C)C)n1. The first-order valence-corrected chi connectivity index (χ1v) is 9.70. The average molecular weight is 366 g/mol. The van der Waals surface area contributed by atoms with E-state index in [-0.39, 0.29) is 23.9 Å². The third kappa shape index (κ3) is 5.14. The van der Waals surface area contributed by atoms with E-state index in [1.165, 1.54) is 11.3 Å². The van der Waals surface area contributed by atoms with Gasteiger partial charge in [0.2, 0.25) is 5.91 Å². The summed E-state index contributed by atoms with van der Waals surface area (Å²) in [7, 11) is 0. The molecule has 0 bridgehead atoms. The summed E-state index contributed by atoms with van der Waals surface area (Å²) in [4.78, 5) is 31.8. The maximum Gasteiger partial charge on any atom is 0.270 e. The van der Waals surface area contributed by atoms with Crippen LogP contribution in [0.2, 0.25) is 0 Å². The summed E-state index contributed by atoms with van der Waals surface area (Å²) in [6.07, 6.45) is 0.405. The first-order valence-electron chi connectivity index (χ1n) is 7.94. The third-order valence-electron chi connectivity index (χ3n) is 3.36. The van der Waals surface area contributed by atoms with E-state index in [9.17, 15) is 9.59 Å². The second-order valence-electron chi connectivity index (χ2n) is 6.13. The van der Waals surface area contributed by atoms with Gasteiger partial charge in [-0.3, -0.25) is 9.59 Å². The standard InChI is InChI=1S/C17H23N3O2S2/c1-11(2)18-17(22)14-10-24-15(19-14)9-20(12(3)4)16(21)8-13-6-5-7-23-13/h5-7,10-12H,8-9H2,1-4H3,(H,18,22). The van der Waals surface area contributed by atoms with Crippen LogP contribution in [-0.2, 0) is 17.8 Å². The number of hydrogen-bond acceptors (Lipinski definition) is 5. The van der Waals surface area contributed by atoms with E-state index in [2.05, 4.69) is 10.3 Å². The molecule has 7 heteroatoms. The van der Waals surface area contributed by atoms with Crippen LogP contribution >= 0.6 is 22.7 Å². The van der Waals surface area contributed by atoms with E-state index >= 15 is 0 Å². The zero-order valence-electron chi connectivity index (χ0n) is 14.4. The van der Waals surface area contributed by atoms with Crippen LogP contribution in [0.5, 0.6) is 0 Å². The van der Waals surface area contributed by atoms with Crippen molar-refractivity contribution in [3.05, 3.63) is 38.5 Å². The van der Waals surface area contributed by atoms with Gasteiger partial charge in [0.05, 0.1) is 13.0 Å². The molecule has 0 aromatic carbocycles. The second-order valence-corrected chi connectivity index (χ2v) is 8.10. The molecule has 0 aliphatic rings. The van der Waals surface area contributed by atoms with Crippen molar-refractivity contribution in [3.8, 4) is 0 Å². The van der Waals surface area contributed by atoms with E-state index in [4.69, 9.17) is 0 Å². The van der Waals surface area contributed by atoms with Crippen LogP contribution in [0.1, 0.15) is 48.1 Å². The number of nitrogens with one attached hydrogen (secondary N) is 1. The average Bonchev–Trinajstić information content (AvgIpc) is 3.14. The van der Waals surface area contributed by atoms with Crippen molar-refractivity contribution in [2.24, 2.45) is 0 Å². The smallest absolute Gasteiger partial charge is 0.270 e. The first-order chi connectivity index (χ1) is 11.4. The quantitative estimate of drug-likeness (QED) is 0.819. The van der Waals surface area contributed by atoms with E-state index in [1.807, 2.05) is 50.1 Å². The third-order valence-corrected chi connectivity index (χ3v) is 5.07. The fourth-order valence-corrected chi connectivity index (χ4v) is 3.66. The molecule has 130 valence electrons. The molecule has 0 aliphatic carbocycles. The number of thiazole rings is 1. The van der Waals surface area contributed by atoms with Gasteiger partial charge in [0.25, 0.3) is 5.91 Å². The molecule has 0 saturated heterocycles. The molecular weight excluding hydrogens is 342 g/mol. The van der Waals surface area contributed by atoms with Crippen molar-refractivity contribution in [1.82, 2.24) is 15.2 Å². The molecule has 0 saturated carbocycles. The van der Waals surface area contributed by atoms with Crippen molar-refractivity contribution in [1.29, 1.82) is 0 Å². The highest BCUT2D eigenvalue weighted by Gasteiger charge is 2.20. The molecule has 0 atom stereocenters. The van der Waals surface area contributed by atoms with Gasteiger partial charge in [0, 0.05) is 22.3 Å². The molecular formula is C17H23N3O2S2. The minimum Gasteiger partial charge on any atom is -0.349 e. The molecule has 0 unspecified atom stereocenters. The molecule has 5 nitrogen and oxygen atoms in total. The maximum atomic E-state index is 12.6. The van der Waals surface area contributed by atoms with Gasteiger partial charge in [0.1, 0.15) is 10.7 Å². The minimum absolute atomic E-state index is 0.0715. The molecule has 0 fully saturated rings. The number of carbonyl (C=O) groups is 2. The predicted molar refractivity (Wildman–Crippen MR) is 98.4 cm³/mol. The summed E-state index contributed by atoms with van der Waals surface area (Å²) in [5.74, 6) is -0.0932. The molecule has 0 radical (unpaired) electrons.